The number of nitrogens with one attached hydrogen (secondary N) is 1. The number of nitrogens with zero attached hydrogens (tertiary/aromatic N) is 1. The number of sulfone groups is 1. The van der Waals surface area contributed by atoms with Crippen molar-refractivity contribution in [3.05, 3.63) is 51.5 Å². The van der Waals surface area contributed by atoms with E-state index in [0.29, 0.717) is 11.1 Å². The molecule has 5 nitrogen and oxygen atoms in total. The Balaban J connectivity index is 2.19. The van der Waals surface area contributed by atoms with Crippen molar-refractivity contribution in [3.8, 4) is 0 Å². The Morgan fingerprint density at radius 1 is 1.35 bits per heavy atom. The summed E-state index contributed by atoms with van der Waals surface area (Å²) in [7, 11) is -3.14. The van der Waals surface area contributed by atoms with E-state index >= 15 is 0 Å². The van der Waals surface area contributed by atoms with E-state index in [2.05, 4.69) is 10.3 Å². The van der Waals surface area contributed by atoms with Gasteiger partial charge in [-0.05, 0) is 38.5 Å². The molecule has 0 spiro atoms. The lowest BCUT2D eigenvalue weighted by molar-refractivity contribution is 0.0912. The minimum absolute atomic E-state index is 0.0802. The summed E-state index contributed by atoms with van der Waals surface area (Å²) >= 11 is 1.54. The Morgan fingerprint density at radius 3 is 2.61 bits per heavy atom. The van der Waals surface area contributed by atoms with Gasteiger partial charge in [-0.25, -0.2) is 13.4 Å². The highest BCUT2D eigenvalue weighted by Crippen LogP contribution is 2.25. The summed E-state index contributed by atoms with van der Waals surface area (Å²) in [6.45, 7) is 5.75. The first-order chi connectivity index (χ1) is 10.6. The second-order valence-electron chi connectivity index (χ2n) is 6.13. The summed E-state index contributed by atoms with van der Waals surface area (Å²) in [5.74, 6) is -0.332. The van der Waals surface area contributed by atoms with Crippen LogP contribution in [0, 0.1) is 6.92 Å². The number of aromatic nitrogens is 1. The first-order valence-electron chi connectivity index (χ1n) is 7.09. The van der Waals surface area contributed by atoms with Crippen molar-refractivity contribution in [2.24, 2.45) is 0 Å². The zero-order valence-electron chi connectivity index (χ0n) is 13.6. The third kappa shape index (κ3) is 4.87. The molecule has 0 saturated heterocycles. The molecule has 124 valence electrons. The molecule has 2 aromatic rings. The molecule has 0 unspecified atom stereocenters. The molecule has 0 bridgehead atoms. The minimum atomic E-state index is -3.14. The molecule has 0 aliphatic heterocycles. The number of aryl methyl sites for hydroxylation is 1. The third-order valence-electron chi connectivity index (χ3n) is 3.20. The lowest BCUT2D eigenvalue weighted by Gasteiger charge is -2.24. The van der Waals surface area contributed by atoms with Gasteiger partial charge >= 0.3 is 0 Å². The number of benzene rings is 1. The van der Waals surface area contributed by atoms with E-state index in [9.17, 15) is 13.2 Å². The van der Waals surface area contributed by atoms with E-state index in [0.717, 1.165) is 9.88 Å². The number of thiazole rings is 1. The van der Waals surface area contributed by atoms with Gasteiger partial charge in [0.1, 0.15) is 5.01 Å². The predicted octanol–water partition coefficient (Wildman–Crippen LogP) is 2.66. The SMILES string of the molecule is Cc1cnc(C(C)(C)NC(=O)c2cccc(CS(C)(=O)=O)c2)s1. The van der Waals surface area contributed by atoms with E-state index in [1.165, 1.54) is 17.6 Å². The topological polar surface area (TPSA) is 76.1 Å². The van der Waals surface area contributed by atoms with Crippen LogP contribution in [0.15, 0.2) is 30.5 Å². The lowest BCUT2D eigenvalue weighted by Crippen LogP contribution is -2.40. The van der Waals surface area contributed by atoms with Crippen LogP contribution in [-0.4, -0.2) is 25.6 Å². The van der Waals surface area contributed by atoms with Gasteiger partial charge < -0.3 is 5.32 Å². The maximum Gasteiger partial charge on any atom is 0.252 e. The fourth-order valence-electron chi connectivity index (χ4n) is 2.16. The molecule has 1 aromatic heterocycles. The summed E-state index contributed by atoms with van der Waals surface area (Å²) in [5.41, 5.74) is 0.443. The Labute approximate surface area is 140 Å². The van der Waals surface area contributed by atoms with E-state index in [1.54, 1.807) is 30.5 Å². The Morgan fingerprint density at radius 2 is 2.04 bits per heavy atom. The van der Waals surface area contributed by atoms with Crippen molar-refractivity contribution >= 4 is 27.1 Å². The Hall–Kier alpha value is -1.73. The fraction of sp³-hybridized carbons (Fsp3) is 0.375. The molecule has 0 atom stereocenters. The van der Waals surface area contributed by atoms with Gasteiger partial charge in [-0.1, -0.05) is 12.1 Å². The number of amides is 1. The quantitative estimate of drug-likeness (QED) is 0.897. The van der Waals surface area contributed by atoms with Crippen molar-refractivity contribution in [3.63, 3.8) is 0 Å². The van der Waals surface area contributed by atoms with Crippen LogP contribution in [-0.2, 0) is 21.1 Å². The molecule has 1 N–H and O–H groups in total. The zero-order valence-corrected chi connectivity index (χ0v) is 15.2. The van der Waals surface area contributed by atoms with Crippen molar-refractivity contribution in [1.82, 2.24) is 10.3 Å². The van der Waals surface area contributed by atoms with Crippen LogP contribution in [0.4, 0.5) is 0 Å². The second kappa shape index (κ2) is 6.41. The molecule has 0 fully saturated rings. The van der Waals surface area contributed by atoms with Gasteiger partial charge in [0.2, 0.25) is 0 Å². The van der Waals surface area contributed by atoms with Gasteiger partial charge in [0.05, 0.1) is 11.3 Å². The van der Waals surface area contributed by atoms with Gasteiger partial charge in [0.15, 0.2) is 9.84 Å². The third-order valence-corrected chi connectivity index (χ3v) is 5.29. The molecular weight excluding hydrogens is 332 g/mol. The van der Waals surface area contributed by atoms with Crippen LogP contribution in [0.2, 0.25) is 0 Å². The van der Waals surface area contributed by atoms with Crippen LogP contribution in [0.25, 0.3) is 0 Å². The smallest absolute Gasteiger partial charge is 0.252 e. The van der Waals surface area contributed by atoms with Crippen LogP contribution in [0.3, 0.4) is 0 Å². The van der Waals surface area contributed by atoms with Gasteiger partial charge in [-0.3, -0.25) is 4.79 Å². The Bertz CT molecular complexity index is 823. The molecular formula is C16H20N2O3S2. The monoisotopic (exact) mass is 352 g/mol. The van der Waals surface area contributed by atoms with Crippen LogP contribution in [0.1, 0.15) is 39.7 Å². The zero-order chi connectivity index (χ0) is 17.3. The standard InChI is InChI=1S/C16H20N2O3S2/c1-11-9-17-15(22-11)16(2,3)18-14(19)13-7-5-6-12(8-13)10-23(4,20)21/h5-9H,10H2,1-4H3,(H,18,19). The molecule has 1 heterocycles. The summed E-state index contributed by atoms with van der Waals surface area (Å²) in [6.07, 6.45) is 2.95. The fourth-order valence-corrected chi connectivity index (χ4v) is 3.77. The number of carbonyl (C=O) groups is 1. The predicted molar refractivity (Wildman–Crippen MR) is 92.3 cm³/mol. The minimum Gasteiger partial charge on any atom is -0.341 e. The maximum absolute atomic E-state index is 12.5. The molecule has 0 saturated carbocycles. The molecule has 1 aromatic carbocycles. The van der Waals surface area contributed by atoms with Crippen LogP contribution >= 0.6 is 11.3 Å². The highest BCUT2D eigenvalue weighted by Gasteiger charge is 2.26. The van der Waals surface area contributed by atoms with Crippen molar-refractivity contribution < 1.29 is 13.2 Å². The highest BCUT2D eigenvalue weighted by molar-refractivity contribution is 7.89. The van der Waals surface area contributed by atoms with E-state index < -0.39 is 15.4 Å². The molecule has 23 heavy (non-hydrogen) atoms. The van der Waals surface area contributed by atoms with Crippen molar-refractivity contribution in [1.29, 1.82) is 0 Å². The van der Waals surface area contributed by atoms with Crippen LogP contribution in [0.5, 0.6) is 0 Å². The molecule has 0 aliphatic carbocycles. The van der Waals surface area contributed by atoms with Gasteiger partial charge in [-0.15, -0.1) is 11.3 Å². The van der Waals surface area contributed by atoms with Gasteiger partial charge in [0, 0.05) is 22.9 Å². The summed E-state index contributed by atoms with van der Waals surface area (Å²) < 4.78 is 22.8. The number of rotatable bonds is 5. The summed E-state index contributed by atoms with van der Waals surface area (Å²) in [5, 5.41) is 3.78. The average Bonchev–Trinajstić information content (AvgIpc) is 2.84. The highest BCUT2D eigenvalue weighted by atomic mass is 32.2. The number of hydrogen-bond donors (Lipinski definition) is 1. The van der Waals surface area contributed by atoms with E-state index in [1.807, 2.05) is 20.8 Å². The largest absolute Gasteiger partial charge is 0.341 e. The van der Waals surface area contributed by atoms with E-state index in [4.69, 9.17) is 0 Å². The normalized spacial score (nSPS) is 12.2. The Kier molecular flexibility index (Phi) is 4.91. The molecule has 1 amide bonds. The lowest BCUT2D eigenvalue weighted by atomic mass is 10.0. The van der Waals surface area contributed by atoms with Gasteiger partial charge in [0.25, 0.3) is 5.91 Å². The van der Waals surface area contributed by atoms with Crippen molar-refractivity contribution in [2.45, 2.75) is 32.1 Å². The first-order valence-corrected chi connectivity index (χ1v) is 9.97. The van der Waals surface area contributed by atoms with Gasteiger partial charge in [-0.2, -0.15) is 0 Å². The maximum atomic E-state index is 12.5. The van der Waals surface area contributed by atoms with E-state index in [-0.39, 0.29) is 11.7 Å². The summed E-state index contributed by atoms with van der Waals surface area (Å²) in [4.78, 5) is 17.9. The van der Waals surface area contributed by atoms with Crippen LogP contribution < -0.4 is 5.32 Å². The first kappa shape index (κ1) is 17.6. The van der Waals surface area contributed by atoms with Crippen molar-refractivity contribution in [2.75, 3.05) is 6.26 Å². The summed E-state index contributed by atoms with van der Waals surface area (Å²) in [6, 6.07) is 6.67. The average molecular weight is 352 g/mol. The second-order valence-corrected chi connectivity index (χ2v) is 9.50. The molecule has 7 heteroatoms. The molecule has 2 rings (SSSR count). The molecule has 0 radical (unpaired) electrons. The number of carbonyl (C=O) groups excluding carboxylic acids is 1. The number of hydrogen-bond acceptors (Lipinski definition) is 5. The molecule has 0 aliphatic rings.